The molecule has 2 N–H and O–H groups in total. The van der Waals surface area contributed by atoms with E-state index in [1.54, 1.807) is 36.4 Å². The number of hydrogen-bond acceptors (Lipinski definition) is 3. The van der Waals surface area contributed by atoms with E-state index in [9.17, 15) is 4.79 Å². The van der Waals surface area contributed by atoms with Gasteiger partial charge in [-0.1, -0.05) is 23.7 Å². The Morgan fingerprint density at radius 1 is 1.29 bits per heavy atom. The fourth-order valence-electron chi connectivity index (χ4n) is 1.83. The monoisotopic (exact) mass is 299 g/mol. The van der Waals surface area contributed by atoms with Gasteiger partial charge in [-0.3, -0.25) is 4.79 Å². The summed E-state index contributed by atoms with van der Waals surface area (Å²) < 4.78 is 0. The van der Waals surface area contributed by atoms with Crippen molar-refractivity contribution in [1.29, 1.82) is 5.26 Å². The van der Waals surface area contributed by atoms with E-state index in [-0.39, 0.29) is 12.5 Å². The van der Waals surface area contributed by atoms with Gasteiger partial charge in [0.25, 0.3) is 0 Å². The van der Waals surface area contributed by atoms with E-state index >= 15 is 0 Å². The van der Waals surface area contributed by atoms with Crippen LogP contribution in [-0.4, -0.2) is 12.5 Å². The number of carbonyl (C=O) groups is 1. The second kappa shape index (κ2) is 6.78. The largest absolute Gasteiger partial charge is 0.376 e. The van der Waals surface area contributed by atoms with E-state index in [0.29, 0.717) is 16.3 Å². The molecule has 0 aliphatic carbocycles. The Bertz CT molecular complexity index is 707. The third-order valence-corrected chi connectivity index (χ3v) is 3.15. The van der Waals surface area contributed by atoms with Crippen LogP contribution in [0.4, 0.5) is 11.4 Å². The molecule has 21 heavy (non-hydrogen) atoms. The molecular weight excluding hydrogens is 286 g/mol. The molecule has 0 spiro atoms. The molecule has 2 rings (SSSR count). The fraction of sp³-hybridized carbons (Fsp3) is 0.125. The highest BCUT2D eigenvalue weighted by atomic mass is 35.5. The van der Waals surface area contributed by atoms with E-state index in [0.717, 1.165) is 11.3 Å². The molecule has 2 aromatic carbocycles. The summed E-state index contributed by atoms with van der Waals surface area (Å²) >= 11 is 5.92. The van der Waals surface area contributed by atoms with Crippen LogP contribution in [0.1, 0.15) is 11.1 Å². The van der Waals surface area contributed by atoms with Gasteiger partial charge in [0.15, 0.2) is 0 Å². The topological polar surface area (TPSA) is 64.9 Å². The number of aryl methyl sites for hydroxylation is 1. The van der Waals surface area contributed by atoms with Crippen molar-refractivity contribution < 1.29 is 4.79 Å². The van der Waals surface area contributed by atoms with Crippen LogP contribution in [0.3, 0.4) is 0 Å². The van der Waals surface area contributed by atoms with Gasteiger partial charge in [-0.25, -0.2) is 0 Å². The predicted molar refractivity (Wildman–Crippen MR) is 84.5 cm³/mol. The van der Waals surface area contributed by atoms with Crippen molar-refractivity contribution >= 4 is 28.9 Å². The van der Waals surface area contributed by atoms with Crippen LogP contribution in [0, 0.1) is 18.3 Å². The first-order valence-corrected chi connectivity index (χ1v) is 6.76. The lowest BCUT2D eigenvalue weighted by Gasteiger charge is -2.10. The number of nitriles is 1. The highest BCUT2D eigenvalue weighted by Crippen LogP contribution is 2.19. The second-order valence-corrected chi connectivity index (χ2v) is 4.99. The molecule has 0 unspecified atom stereocenters. The SMILES string of the molecule is Cc1ccc(Cl)cc1NCC(=O)Nc1cccc(C#N)c1. The minimum Gasteiger partial charge on any atom is -0.376 e. The lowest BCUT2D eigenvalue weighted by molar-refractivity contribution is -0.114. The van der Waals surface area contributed by atoms with Gasteiger partial charge >= 0.3 is 0 Å². The number of nitrogens with one attached hydrogen (secondary N) is 2. The molecule has 0 fully saturated rings. The molecule has 5 heteroatoms. The fourth-order valence-corrected chi connectivity index (χ4v) is 2.00. The second-order valence-electron chi connectivity index (χ2n) is 4.55. The van der Waals surface area contributed by atoms with Crippen LogP contribution in [-0.2, 0) is 4.79 Å². The molecule has 0 aromatic heterocycles. The maximum atomic E-state index is 11.9. The number of halogens is 1. The third kappa shape index (κ3) is 4.23. The molecule has 2 aromatic rings. The Labute approximate surface area is 128 Å². The zero-order valence-corrected chi connectivity index (χ0v) is 12.2. The van der Waals surface area contributed by atoms with Crippen molar-refractivity contribution in [3.05, 3.63) is 58.6 Å². The number of rotatable bonds is 4. The quantitative estimate of drug-likeness (QED) is 0.907. The van der Waals surface area contributed by atoms with E-state index in [4.69, 9.17) is 16.9 Å². The van der Waals surface area contributed by atoms with Gasteiger partial charge in [-0.15, -0.1) is 0 Å². The molecular formula is C16H14ClN3O. The maximum absolute atomic E-state index is 11.9. The normalized spacial score (nSPS) is 9.76. The zero-order valence-electron chi connectivity index (χ0n) is 11.5. The van der Waals surface area contributed by atoms with Gasteiger partial charge in [-0.2, -0.15) is 5.26 Å². The minimum atomic E-state index is -0.190. The Balaban J connectivity index is 1.96. The predicted octanol–water partition coefficient (Wildman–Crippen LogP) is 3.57. The molecule has 1 amide bonds. The average molecular weight is 300 g/mol. The van der Waals surface area contributed by atoms with Gasteiger partial charge in [-0.05, 0) is 42.8 Å². The van der Waals surface area contributed by atoms with Crippen molar-refractivity contribution in [2.75, 3.05) is 17.2 Å². The summed E-state index contributed by atoms with van der Waals surface area (Å²) in [6, 6.07) is 14.3. The summed E-state index contributed by atoms with van der Waals surface area (Å²) in [6.45, 7) is 2.06. The molecule has 0 radical (unpaired) electrons. The Hall–Kier alpha value is -2.51. The van der Waals surface area contributed by atoms with E-state index < -0.39 is 0 Å². The summed E-state index contributed by atoms with van der Waals surface area (Å²) in [7, 11) is 0. The van der Waals surface area contributed by atoms with Crippen LogP contribution >= 0.6 is 11.6 Å². The number of anilines is 2. The molecule has 0 saturated carbocycles. The van der Waals surface area contributed by atoms with Crippen LogP contribution in [0.25, 0.3) is 0 Å². The number of amides is 1. The molecule has 4 nitrogen and oxygen atoms in total. The lowest BCUT2D eigenvalue weighted by atomic mass is 10.2. The Morgan fingerprint density at radius 2 is 2.10 bits per heavy atom. The van der Waals surface area contributed by atoms with Gasteiger partial charge in [0, 0.05) is 16.4 Å². The van der Waals surface area contributed by atoms with Gasteiger partial charge in [0.05, 0.1) is 18.2 Å². The highest BCUT2D eigenvalue weighted by molar-refractivity contribution is 6.30. The smallest absolute Gasteiger partial charge is 0.243 e. The van der Waals surface area contributed by atoms with Crippen molar-refractivity contribution in [3.8, 4) is 6.07 Å². The summed E-state index contributed by atoms with van der Waals surface area (Å²) in [6.07, 6.45) is 0. The summed E-state index contributed by atoms with van der Waals surface area (Å²) in [5, 5.41) is 15.2. The highest BCUT2D eigenvalue weighted by Gasteiger charge is 2.05. The number of hydrogen-bond donors (Lipinski definition) is 2. The Morgan fingerprint density at radius 3 is 2.86 bits per heavy atom. The molecule has 0 saturated heterocycles. The van der Waals surface area contributed by atoms with Crippen molar-refractivity contribution in [1.82, 2.24) is 0 Å². The summed E-state index contributed by atoms with van der Waals surface area (Å²) in [4.78, 5) is 11.9. The van der Waals surface area contributed by atoms with Crippen LogP contribution in [0.15, 0.2) is 42.5 Å². The van der Waals surface area contributed by atoms with Crippen LogP contribution in [0.2, 0.25) is 5.02 Å². The molecule has 0 aliphatic heterocycles. The molecule has 0 bridgehead atoms. The zero-order chi connectivity index (χ0) is 15.2. The summed E-state index contributed by atoms with van der Waals surface area (Å²) in [5.74, 6) is -0.190. The first-order chi connectivity index (χ1) is 10.1. The molecule has 0 atom stereocenters. The van der Waals surface area contributed by atoms with E-state index in [2.05, 4.69) is 10.6 Å². The van der Waals surface area contributed by atoms with Crippen molar-refractivity contribution in [2.45, 2.75) is 6.92 Å². The summed E-state index contributed by atoms with van der Waals surface area (Å²) in [5.41, 5.74) is 2.94. The van der Waals surface area contributed by atoms with Gasteiger partial charge in [0.1, 0.15) is 0 Å². The lowest BCUT2D eigenvalue weighted by Crippen LogP contribution is -2.22. The average Bonchev–Trinajstić information content (AvgIpc) is 2.48. The first kappa shape index (κ1) is 14.9. The van der Waals surface area contributed by atoms with Crippen molar-refractivity contribution in [3.63, 3.8) is 0 Å². The maximum Gasteiger partial charge on any atom is 0.243 e. The van der Waals surface area contributed by atoms with E-state index in [1.165, 1.54) is 0 Å². The first-order valence-electron chi connectivity index (χ1n) is 6.38. The van der Waals surface area contributed by atoms with Gasteiger partial charge < -0.3 is 10.6 Å². The van der Waals surface area contributed by atoms with E-state index in [1.807, 2.05) is 19.1 Å². The Kier molecular flexibility index (Phi) is 4.81. The molecule has 0 heterocycles. The molecule has 106 valence electrons. The minimum absolute atomic E-state index is 0.123. The van der Waals surface area contributed by atoms with Crippen molar-refractivity contribution in [2.24, 2.45) is 0 Å². The molecule has 0 aliphatic rings. The number of nitrogens with zero attached hydrogens (tertiary/aromatic N) is 1. The van der Waals surface area contributed by atoms with Crippen LogP contribution in [0.5, 0.6) is 0 Å². The van der Waals surface area contributed by atoms with Gasteiger partial charge in [0.2, 0.25) is 5.91 Å². The standard InChI is InChI=1S/C16H14ClN3O/c1-11-5-6-13(17)8-15(11)19-10-16(21)20-14-4-2-3-12(7-14)9-18/h2-8,19H,10H2,1H3,(H,20,21). The number of carbonyl (C=O) groups excluding carboxylic acids is 1. The third-order valence-electron chi connectivity index (χ3n) is 2.91. The number of benzene rings is 2. The van der Waals surface area contributed by atoms with Crippen LogP contribution < -0.4 is 10.6 Å².